The molecule has 0 aliphatic carbocycles. The van der Waals surface area contributed by atoms with Gasteiger partial charge in [0.1, 0.15) is 0 Å². The van der Waals surface area contributed by atoms with E-state index in [1.807, 2.05) is 0 Å². The third-order valence-corrected chi connectivity index (χ3v) is 8.65. The lowest BCUT2D eigenvalue weighted by atomic mass is 10.2. The molecule has 0 saturated heterocycles. The molecular weight excluding hydrogens is 314 g/mol. The van der Waals surface area contributed by atoms with Crippen LogP contribution in [0.3, 0.4) is 0 Å². The standard InChI is InChI=1S/C21H23P2/c22-23(16-19-10-4-1-5-11-19,17-20-12-6-2-7-13-20)18-21-14-8-3-9-15-21/h1-15H,16-18,22H2/q+1. The molecule has 0 aromatic heterocycles. The van der Waals surface area contributed by atoms with Crippen molar-refractivity contribution in [3.05, 3.63) is 108 Å². The predicted molar refractivity (Wildman–Crippen MR) is 107 cm³/mol. The third kappa shape index (κ3) is 5.00. The van der Waals surface area contributed by atoms with E-state index in [-0.39, 0.29) is 0 Å². The molecule has 0 saturated carbocycles. The molecule has 0 aliphatic rings. The maximum Gasteiger partial charge on any atom is 0.0866 e. The summed E-state index contributed by atoms with van der Waals surface area (Å²) in [5, 5.41) is 0. The molecule has 0 radical (unpaired) electrons. The van der Waals surface area contributed by atoms with Crippen LogP contribution in [0.15, 0.2) is 91.0 Å². The summed E-state index contributed by atoms with van der Waals surface area (Å²) in [6.45, 7) is -1.22. The fourth-order valence-corrected chi connectivity index (χ4v) is 8.06. The first-order valence-electron chi connectivity index (χ1n) is 8.00. The second-order valence-corrected chi connectivity index (χ2v) is 12.8. The van der Waals surface area contributed by atoms with Crippen LogP contribution in [0.2, 0.25) is 0 Å². The molecule has 0 fully saturated rings. The van der Waals surface area contributed by atoms with Crippen LogP contribution in [0.25, 0.3) is 0 Å². The van der Waals surface area contributed by atoms with Gasteiger partial charge < -0.3 is 0 Å². The first-order chi connectivity index (χ1) is 11.2. The Labute approximate surface area is 142 Å². The minimum absolute atomic E-state index is 1.17. The van der Waals surface area contributed by atoms with Crippen molar-refractivity contribution in [1.82, 2.24) is 0 Å². The highest BCUT2D eigenvalue weighted by molar-refractivity contribution is 8.23. The van der Waals surface area contributed by atoms with E-state index < -0.39 is 6.95 Å². The highest BCUT2D eigenvalue weighted by atomic mass is 32.1. The van der Waals surface area contributed by atoms with E-state index in [2.05, 4.69) is 99.9 Å². The quantitative estimate of drug-likeness (QED) is 0.457. The lowest BCUT2D eigenvalue weighted by Crippen LogP contribution is -1.99. The summed E-state index contributed by atoms with van der Waals surface area (Å²) in [7, 11) is 3.27. The minimum atomic E-state index is -1.22. The molecule has 0 nitrogen and oxygen atoms in total. The molecule has 0 aliphatic heterocycles. The van der Waals surface area contributed by atoms with Crippen LogP contribution in [0.4, 0.5) is 0 Å². The van der Waals surface area contributed by atoms with Gasteiger partial charge in [0, 0.05) is 15.9 Å². The molecular formula is C21H23P2+. The molecule has 3 rings (SSSR count). The molecule has 0 bridgehead atoms. The van der Waals surface area contributed by atoms with Gasteiger partial charge in [-0.05, 0) is 16.7 Å². The Hall–Kier alpha value is -1.48. The summed E-state index contributed by atoms with van der Waals surface area (Å²) < 4.78 is 0. The summed E-state index contributed by atoms with van der Waals surface area (Å²) in [5.74, 6) is 0. The molecule has 0 spiro atoms. The van der Waals surface area contributed by atoms with E-state index in [9.17, 15) is 0 Å². The van der Waals surface area contributed by atoms with E-state index in [0.717, 1.165) is 0 Å². The Kier molecular flexibility index (Phi) is 5.60. The number of rotatable bonds is 6. The van der Waals surface area contributed by atoms with Gasteiger partial charge in [0.05, 0.1) is 18.5 Å². The van der Waals surface area contributed by atoms with E-state index >= 15 is 0 Å². The zero-order valence-electron chi connectivity index (χ0n) is 13.3. The van der Waals surface area contributed by atoms with E-state index in [4.69, 9.17) is 0 Å². The fraction of sp³-hybridized carbons (Fsp3) is 0.143. The average molecular weight is 337 g/mol. The molecule has 1 unspecified atom stereocenters. The van der Waals surface area contributed by atoms with Gasteiger partial charge in [0.2, 0.25) is 0 Å². The zero-order valence-corrected chi connectivity index (χ0v) is 15.4. The van der Waals surface area contributed by atoms with Crippen LogP contribution in [0, 0.1) is 0 Å². The van der Waals surface area contributed by atoms with Gasteiger partial charge in [-0.25, -0.2) is 0 Å². The summed E-state index contributed by atoms with van der Waals surface area (Å²) in [4.78, 5) is 0. The zero-order chi connectivity index (χ0) is 16.0. The van der Waals surface area contributed by atoms with Crippen LogP contribution < -0.4 is 0 Å². The third-order valence-electron chi connectivity index (χ3n) is 4.02. The predicted octanol–water partition coefficient (Wildman–Crippen LogP) is 6.39. The molecule has 3 aromatic rings. The van der Waals surface area contributed by atoms with Crippen LogP contribution in [-0.2, 0) is 18.5 Å². The monoisotopic (exact) mass is 337 g/mol. The SMILES string of the molecule is P[P+](Cc1ccccc1)(Cc1ccccc1)Cc1ccccc1. The molecule has 3 aromatic carbocycles. The van der Waals surface area contributed by atoms with Crippen LogP contribution in [0.5, 0.6) is 0 Å². The highest BCUT2D eigenvalue weighted by Gasteiger charge is 2.33. The molecule has 1 atom stereocenters. The fourth-order valence-electron chi connectivity index (χ4n) is 3.01. The Morgan fingerprint density at radius 2 is 0.739 bits per heavy atom. The molecule has 23 heavy (non-hydrogen) atoms. The van der Waals surface area contributed by atoms with Crippen molar-refractivity contribution in [2.45, 2.75) is 18.5 Å². The first kappa shape index (κ1) is 16.4. The lowest BCUT2D eigenvalue weighted by Gasteiger charge is -2.23. The Morgan fingerprint density at radius 1 is 0.478 bits per heavy atom. The Balaban J connectivity index is 1.85. The van der Waals surface area contributed by atoms with Crippen molar-refractivity contribution >= 4 is 15.9 Å². The number of hydrogen-bond donors (Lipinski definition) is 0. The second-order valence-electron chi connectivity index (χ2n) is 6.15. The highest BCUT2D eigenvalue weighted by Crippen LogP contribution is 2.73. The van der Waals surface area contributed by atoms with Gasteiger partial charge in [0.25, 0.3) is 0 Å². The van der Waals surface area contributed by atoms with E-state index in [0.29, 0.717) is 0 Å². The maximum atomic E-state index is 3.27. The van der Waals surface area contributed by atoms with Crippen LogP contribution in [-0.4, -0.2) is 0 Å². The Morgan fingerprint density at radius 3 is 1.00 bits per heavy atom. The molecule has 2 heteroatoms. The maximum absolute atomic E-state index is 3.27. The van der Waals surface area contributed by atoms with Crippen LogP contribution in [0.1, 0.15) is 16.7 Å². The van der Waals surface area contributed by atoms with Crippen molar-refractivity contribution < 1.29 is 0 Å². The van der Waals surface area contributed by atoms with Crippen molar-refractivity contribution in [3.8, 4) is 0 Å². The van der Waals surface area contributed by atoms with Crippen molar-refractivity contribution in [1.29, 1.82) is 0 Å². The topological polar surface area (TPSA) is 0 Å². The summed E-state index contributed by atoms with van der Waals surface area (Å²) in [5.41, 5.74) is 4.34. The van der Waals surface area contributed by atoms with Gasteiger partial charge in [-0.15, -0.1) is 0 Å². The molecule has 116 valence electrons. The van der Waals surface area contributed by atoms with Crippen molar-refractivity contribution in [3.63, 3.8) is 0 Å². The van der Waals surface area contributed by atoms with Gasteiger partial charge >= 0.3 is 0 Å². The van der Waals surface area contributed by atoms with Crippen LogP contribution >= 0.6 is 15.9 Å². The van der Waals surface area contributed by atoms with Gasteiger partial charge in [-0.3, -0.25) is 0 Å². The van der Waals surface area contributed by atoms with E-state index in [1.165, 1.54) is 35.2 Å². The van der Waals surface area contributed by atoms with Crippen molar-refractivity contribution in [2.24, 2.45) is 0 Å². The summed E-state index contributed by atoms with van der Waals surface area (Å²) in [6, 6.07) is 32.7. The molecule has 0 N–H and O–H groups in total. The second kappa shape index (κ2) is 7.87. The number of hydrogen-bond acceptors (Lipinski definition) is 0. The largest absolute Gasteiger partial charge is 0.0866 e. The van der Waals surface area contributed by atoms with Gasteiger partial charge in [-0.2, -0.15) is 0 Å². The lowest BCUT2D eigenvalue weighted by molar-refractivity contribution is 1.25. The smallest absolute Gasteiger partial charge is 0.0622 e. The first-order valence-corrected chi connectivity index (χ1v) is 12.0. The number of benzene rings is 3. The minimum Gasteiger partial charge on any atom is -0.0622 e. The molecule has 0 amide bonds. The van der Waals surface area contributed by atoms with Crippen molar-refractivity contribution in [2.75, 3.05) is 0 Å². The average Bonchev–Trinajstić information content (AvgIpc) is 2.57. The van der Waals surface area contributed by atoms with E-state index in [1.54, 1.807) is 0 Å². The van der Waals surface area contributed by atoms with Gasteiger partial charge in [0.15, 0.2) is 0 Å². The van der Waals surface area contributed by atoms with Gasteiger partial charge in [-0.1, -0.05) is 91.0 Å². The normalized spacial score (nSPS) is 11.3. The molecule has 0 heterocycles. The summed E-state index contributed by atoms with van der Waals surface area (Å²) >= 11 is 0. The Bertz CT molecular complexity index is 607. The summed E-state index contributed by atoms with van der Waals surface area (Å²) in [6.07, 6.45) is 3.51.